The molecule has 3 heteroatoms. The Kier molecular flexibility index (Phi) is 2.54. The SMILES string of the molecule is CC1CCC1NC(=O)CN1CCC1. The number of nitrogens with one attached hydrogen (secondary N) is 1. The van der Waals surface area contributed by atoms with Crippen LogP contribution in [-0.2, 0) is 4.79 Å². The Morgan fingerprint density at radius 2 is 2.23 bits per heavy atom. The number of hydrogen-bond acceptors (Lipinski definition) is 2. The maximum atomic E-state index is 11.4. The quantitative estimate of drug-likeness (QED) is 0.693. The van der Waals surface area contributed by atoms with Gasteiger partial charge in [0.15, 0.2) is 0 Å². The average Bonchev–Trinajstić information content (AvgIpc) is 2.05. The molecule has 1 amide bonds. The second kappa shape index (κ2) is 3.66. The van der Waals surface area contributed by atoms with E-state index in [1.165, 1.54) is 19.3 Å². The molecule has 0 aromatic heterocycles. The third kappa shape index (κ3) is 2.02. The van der Waals surface area contributed by atoms with Gasteiger partial charge in [-0.25, -0.2) is 0 Å². The van der Waals surface area contributed by atoms with Crippen molar-refractivity contribution in [1.29, 1.82) is 0 Å². The third-order valence-corrected chi connectivity index (χ3v) is 3.28. The van der Waals surface area contributed by atoms with Crippen molar-refractivity contribution < 1.29 is 4.79 Å². The Balaban J connectivity index is 1.65. The highest BCUT2D eigenvalue weighted by molar-refractivity contribution is 5.78. The first kappa shape index (κ1) is 9.00. The summed E-state index contributed by atoms with van der Waals surface area (Å²) >= 11 is 0. The van der Waals surface area contributed by atoms with Crippen molar-refractivity contribution in [3.05, 3.63) is 0 Å². The molecule has 0 bridgehead atoms. The third-order valence-electron chi connectivity index (χ3n) is 3.28. The summed E-state index contributed by atoms with van der Waals surface area (Å²) in [7, 11) is 0. The molecule has 1 N–H and O–H groups in total. The number of rotatable bonds is 3. The summed E-state index contributed by atoms with van der Waals surface area (Å²) in [5, 5.41) is 3.08. The van der Waals surface area contributed by atoms with Crippen molar-refractivity contribution in [2.45, 2.75) is 32.2 Å². The zero-order chi connectivity index (χ0) is 9.26. The fraction of sp³-hybridized carbons (Fsp3) is 0.900. The number of carbonyl (C=O) groups excluding carboxylic acids is 1. The van der Waals surface area contributed by atoms with Crippen molar-refractivity contribution >= 4 is 5.91 Å². The molecule has 0 spiro atoms. The highest BCUT2D eigenvalue weighted by Gasteiger charge is 2.28. The van der Waals surface area contributed by atoms with E-state index in [4.69, 9.17) is 0 Å². The Hall–Kier alpha value is -0.570. The predicted molar refractivity (Wildman–Crippen MR) is 51.4 cm³/mol. The van der Waals surface area contributed by atoms with Gasteiger partial charge in [0.05, 0.1) is 6.54 Å². The molecule has 74 valence electrons. The lowest BCUT2D eigenvalue weighted by Crippen LogP contribution is -2.51. The fourth-order valence-electron chi connectivity index (χ4n) is 1.88. The molecule has 1 saturated carbocycles. The van der Waals surface area contributed by atoms with Crippen LogP contribution < -0.4 is 5.32 Å². The van der Waals surface area contributed by atoms with Crippen molar-refractivity contribution in [2.75, 3.05) is 19.6 Å². The molecule has 3 nitrogen and oxygen atoms in total. The van der Waals surface area contributed by atoms with Gasteiger partial charge >= 0.3 is 0 Å². The van der Waals surface area contributed by atoms with Crippen LogP contribution in [0.4, 0.5) is 0 Å². The van der Waals surface area contributed by atoms with Gasteiger partial charge in [-0.15, -0.1) is 0 Å². The number of carbonyl (C=O) groups is 1. The Morgan fingerprint density at radius 1 is 1.46 bits per heavy atom. The monoisotopic (exact) mass is 182 g/mol. The zero-order valence-electron chi connectivity index (χ0n) is 8.25. The van der Waals surface area contributed by atoms with E-state index in [9.17, 15) is 4.79 Å². The smallest absolute Gasteiger partial charge is 0.234 e. The van der Waals surface area contributed by atoms with Crippen LogP contribution in [0.25, 0.3) is 0 Å². The van der Waals surface area contributed by atoms with Crippen LogP contribution in [0.1, 0.15) is 26.2 Å². The molecule has 2 rings (SSSR count). The Morgan fingerprint density at radius 3 is 2.62 bits per heavy atom. The number of nitrogens with zero attached hydrogens (tertiary/aromatic N) is 1. The second-order valence-electron chi connectivity index (χ2n) is 4.36. The number of amides is 1. The minimum absolute atomic E-state index is 0.219. The molecule has 1 saturated heterocycles. The molecular weight excluding hydrogens is 164 g/mol. The van der Waals surface area contributed by atoms with Crippen molar-refractivity contribution in [1.82, 2.24) is 10.2 Å². The normalized spacial score (nSPS) is 33.3. The molecule has 2 unspecified atom stereocenters. The van der Waals surface area contributed by atoms with Crippen LogP contribution in [0, 0.1) is 5.92 Å². The van der Waals surface area contributed by atoms with E-state index >= 15 is 0 Å². The van der Waals surface area contributed by atoms with Crippen molar-refractivity contribution in [3.63, 3.8) is 0 Å². The van der Waals surface area contributed by atoms with Crippen molar-refractivity contribution in [2.24, 2.45) is 5.92 Å². The summed E-state index contributed by atoms with van der Waals surface area (Å²) in [4.78, 5) is 13.6. The summed E-state index contributed by atoms with van der Waals surface area (Å²) < 4.78 is 0. The molecule has 13 heavy (non-hydrogen) atoms. The standard InChI is InChI=1S/C10H18N2O/c1-8-3-4-9(8)11-10(13)7-12-5-2-6-12/h8-9H,2-7H2,1H3,(H,11,13). The molecule has 2 fully saturated rings. The predicted octanol–water partition coefficient (Wildman–Crippen LogP) is 0.607. The maximum absolute atomic E-state index is 11.4. The summed E-state index contributed by atoms with van der Waals surface area (Å²) in [5.74, 6) is 0.914. The van der Waals surface area contributed by atoms with Crippen LogP contribution >= 0.6 is 0 Å². The van der Waals surface area contributed by atoms with E-state index in [-0.39, 0.29) is 5.91 Å². The first-order valence-electron chi connectivity index (χ1n) is 5.27. The first-order chi connectivity index (χ1) is 6.25. The topological polar surface area (TPSA) is 32.3 Å². The fourth-order valence-corrected chi connectivity index (χ4v) is 1.88. The molecule has 0 radical (unpaired) electrons. The van der Waals surface area contributed by atoms with E-state index in [2.05, 4.69) is 17.1 Å². The van der Waals surface area contributed by atoms with Gasteiger partial charge in [0.1, 0.15) is 0 Å². The van der Waals surface area contributed by atoms with Gasteiger partial charge in [-0.1, -0.05) is 6.92 Å². The van der Waals surface area contributed by atoms with E-state index in [0.717, 1.165) is 13.1 Å². The maximum Gasteiger partial charge on any atom is 0.234 e. The molecule has 1 aliphatic heterocycles. The van der Waals surface area contributed by atoms with Crippen LogP contribution in [-0.4, -0.2) is 36.5 Å². The summed E-state index contributed by atoms with van der Waals surface area (Å²) in [6, 6.07) is 0.466. The summed E-state index contributed by atoms with van der Waals surface area (Å²) in [6.45, 7) is 5.03. The van der Waals surface area contributed by atoms with E-state index in [1.54, 1.807) is 0 Å². The van der Waals surface area contributed by atoms with Gasteiger partial charge in [-0.05, 0) is 38.3 Å². The second-order valence-corrected chi connectivity index (χ2v) is 4.36. The van der Waals surface area contributed by atoms with Gasteiger partial charge < -0.3 is 5.32 Å². The lowest BCUT2D eigenvalue weighted by molar-refractivity contribution is -0.124. The molecule has 0 aromatic rings. The van der Waals surface area contributed by atoms with Gasteiger partial charge in [-0.3, -0.25) is 9.69 Å². The number of likely N-dealkylation sites (tertiary alicyclic amines) is 1. The highest BCUT2D eigenvalue weighted by Crippen LogP contribution is 2.26. The summed E-state index contributed by atoms with van der Waals surface area (Å²) in [6.07, 6.45) is 3.70. The Labute approximate surface area is 79.5 Å². The van der Waals surface area contributed by atoms with Crippen LogP contribution in [0.2, 0.25) is 0 Å². The van der Waals surface area contributed by atoms with E-state index in [1.807, 2.05) is 0 Å². The number of hydrogen-bond donors (Lipinski definition) is 1. The van der Waals surface area contributed by atoms with Gasteiger partial charge in [0.2, 0.25) is 5.91 Å². The summed E-state index contributed by atoms with van der Waals surface area (Å²) in [5.41, 5.74) is 0. The lowest BCUT2D eigenvalue weighted by Gasteiger charge is -2.36. The average molecular weight is 182 g/mol. The zero-order valence-corrected chi connectivity index (χ0v) is 8.25. The van der Waals surface area contributed by atoms with Gasteiger partial charge in [-0.2, -0.15) is 0 Å². The van der Waals surface area contributed by atoms with E-state index in [0.29, 0.717) is 18.5 Å². The molecular formula is C10H18N2O. The van der Waals surface area contributed by atoms with Crippen LogP contribution in [0.3, 0.4) is 0 Å². The van der Waals surface area contributed by atoms with Crippen LogP contribution in [0.5, 0.6) is 0 Å². The molecule has 0 aromatic carbocycles. The molecule has 2 aliphatic rings. The molecule has 2 atom stereocenters. The van der Waals surface area contributed by atoms with Gasteiger partial charge in [0.25, 0.3) is 0 Å². The van der Waals surface area contributed by atoms with Crippen molar-refractivity contribution in [3.8, 4) is 0 Å². The Bertz CT molecular complexity index is 201. The minimum Gasteiger partial charge on any atom is -0.352 e. The lowest BCUT2D eigenvalue weighted by atomic mass is 9.81. The molecule has 1 heterocycles. The molecule has 1 aliphatic carbocycles. The highest BCUT2D eigenvalue weighted by atomic mass is 16.2. The first-order valence-corrected chi connectivity index (χ1v) is 5.27. The van der Waals surface area contributed by atoms with Crippen LogP contribution in [0.15, 0.2) is 0 Å². The van der Waals surface area contributed by atoms with E-state index < -0.39 is 0 Å². The minimum atomic E-state index is 0.219. The largest absolute Gasteiger partial charge is 0.352 e. The van der Waals surface area contributed by atoms with Gasteiger partial charge in [0, 0.05) is 6.04 Å².